The van der Waals surface area contributed by atoms with E-state index in [1.807, 2.05) is 0 Å². The number of fused-ring (bicyclic) bond motifs is 1. The van der Waals surface area contributed by atoms with E-state index < -0.39 is 0 Å². The topological polar surface area (TPSA) is 88.7 Å². The Morgan fingerprint density at radius 1 is 1.29 bits per heavy atom. The second-order valence-electron chi connectivity index (χ2n) is 5.50. The first-order chi connectivity index (χ1) is 11.8. The van der Waals surface area contributed by atoms with Crippen LogP contribution in [0.1, 0.15) is 26.2 Å². The highest BCUT2D eigenvalue weighted by atomic mass is 16.5. The van der Waals surface area contributed by atoms with Crippen LogP contribution in [0.3, 0.4) is 0 Å². The summed E-state index contributed by atoms with van der Waals surface area (Å²) in [4.78, 5) is 15.4. The zero-order chi connectivity index (χ0) is 16.8. The first-order valence-electron chi connectivity index (χ1n) is 7.97. The van der Waals surface area contributed by atoms with E-state index in [9.17, 15) is 0 Å². The van der Waals surface area contributed by atoms with Crippen molar-refractivity contribution < 1.29 is 9.94 Å². The fourth-order valence-electron chi connectivity index (χ4n) is 2.76. The molecule has 1 aliphatic rings. The molecule has 3 rings (SSSR count). The van der Waals surface area contributed by atoms with Crippen molar-refractivity contribution in [3.8, 4) is 11.8 Å². The lowest BCUT2D eigenvalue weighted by Crippen LogP contribution is -2.30. The van der Waals surface area contributed by atoms with Gasteiger partial charge >= 0.3 is 0 Å². The summed E-state index contributed by atoms with van der Waals surface area (Å²) in [6.07, 6.45) is 6.80. The second kappa shape index (κ2) is 7.64. The Morgan fingerprint density at radius 2 is 2.12 bits per heavy atom. The molecule has 0 atom stereocenters. The lowest BCUT2D eigenvalue weighted by Gasteiger charge is -2.27. The van der Waals surface area contributed by atoms with Crippen LogP contribution in [0.15, 0.2) is 17.8 Å². The van der Waals surface area contributed by atoms with Gasteiger partial charge in [0.2, 0.25) is 5.90 Å². The van der Waals surface area contributed by atoms with E-state index in [2.05, 4.69) is 36.8 Å². The Kier molecular flexibility index (Phi) is 5.11. The Bertz CT molecular complexity index is 783. The number of oxime groups is 1. The monoisotopic (exact) mass is 328 g/mol. The van der Waals surface area contributed by atoms with Gasteiger partial charge in [0.05, 0.1) is 6.33 Å². The van der Waals surface area contributed by atoms with E-state index in [1.54, 1.807) is 24.1 Å². The van der Waals surface area contributed by atoms with Gasteiger partial charge in [-0.05, 0) is 26.2 Å². The molecule has 2 aromatic heterocycles. The summed E-state index contributed by atoms with van der Waals surface area (Å²) in [5.41, 5.74) is 1.45. The van der Waals surface area contributed by atoms with E-state index in [-0.39, 0.29) is 19.0 Å². The van der Waals surface area contributed by atoms with Crippen LogP contribution in [0.4, 0.5) is 5.82 Å². The summed E-state index contributed by atoms with van der Waals surface area (Å²) in [5, 5.41) is 12.3. The van der Waals surface area contributed by atoms with Gasteiger partial charge in [0.15, 0.2) is 23.6 Å². The van der Waals surface area contributed by atoms with E-state index >= 15 is 0 Å². The lowest BCUT2D eigenvalue weighted by molar-refractivity contribution is 0.266. The number of piperidine rings is 1. The minimum Gasteiger partial charge on any atom is -0.464 e. The van der Waals surface area contributed by atoms with E-state index in [0.717, 1.165) is 24.4 Å². The Balaban J connectivity index is 1.83. The van der Waals surface area contributed by atoms with Crippen LogP contribution in [-0.4, -0.2) is 50.3 Å². The number of aromatic nitrogens is 4. The third-order valence-electron chi connectivity index (χ3n) is 3.94. The number of hydrogen-bond donors (Lipinski definition) is 1. The van der Waals surface area contributed by atoms with Crippen LogP contribution >= 0.6 is 0 Å². The average Bonchev–Trinajstić information content (AvgIpc) is 3.04. The van der Waals surface area contributed by atoms with Gasteiger partial charge in [0.25, 0.3) is 0 Å². The van der Waals surface area contributed by atoms with Crippen molar-refractivity contribution in [3.63, 3.8) is 0 Å². The maximum Gasteiger partial charge on any atom is 0.246 e. The third kappa shape index (κ3) is 3.40. The number of hydrogen-bond acceptors (Lipinski definition) is 7. The predicted octanol–water partition coefficient (Wildman–Crippen LogP) is 1.64. The van der Waals surface area contributed by atoms with Gasteiger partial charge in [-0.2, -0.15) is 0 Å². The molecule has 0 unspecified atom stereocenters. The van der Waals surface area contributed by atoms with E-state index in [1.165, 1.54) is 19.3 Å². The van der Waals surface area contributed by atoms with Crippen molar-refractivity contribution in [2.24, 2.45) is 5.16 Å². The molecule has 0 aromatic carbocycles. The first-order valence-corrected chi connectivity index (χ1v) is 7.97. The minimum atomic E-state index is 0.162. The lowest BCUT2D eigenvalue weighted by atomic mass is 10.1. The van der Waals surface area contributed by atoms with Gasteiger partial charge in [0.1, 0.15) is 12.9 Å². The van der Waals surface area contributed by atoms with Crippen LogP contribution in [0, 0.1) is 11.8 Å². The molecule has 0 bridgehead atoms. The molecule has 126 valence electrons. The molecule has 1 fully saturated rings. The second-order valence-corrected chi connectivity index (χ2v) is 5.50. The highest BCUT2D eigenvalue weighted by molar-refractivity contribution is 5.85. The molecule has 1 N–H and O–H groups in total. The molecule has 3 heterocycles. The molecule has 0 saturated carbocycles. The highest BCUT2D eigenvalue weighted by Crippen LogP contribution is 2.24. The molecule has 1 saturated heterocycles. The highest BCUT2D eigenvalue weighted by Gasteiger charge is 2.18. The van der Waals surface area contributed by atoms with Gasteiger partial charge in [-0.25, -0.2) is 15.0 Å². The molecule has 8 nitrogen and oxygen atoms in total. The Hall–Kier alpha value is -2.82. The smallest absolute Gasteiger partial charge is 0.246 e. The van der Waals surface area contributed by atoms with Crippen LogP contribution in [0.5, 0.6) is 0 Å². The Morgan fingerprint density at radius 3 is 2.88 bits per heavy atom. The fourth-order valence-corrected chi connectivity index (χ4v) is 2.76. The largest absolute Gasteiger partial charge is 0.464 e. The van der Waals surface area contributed by atoms with Gasteiger partial charge in [-0.15, -0.1) is 5.92 Å². The molecule has 0 radical (unpaired) electrons. The standard InChI is InChI=1S/C16H20N6O2/c1-2-3-9-24-13(20-23)10-22-12-19-14-15(17-11-18-16(14)22)21-7-5-4-6-8-21/h11-12,23H,4-10H2,1H3/b20-13+. The van der Waals surface area contributed by atoms with Crippen LogP contribution < -0.4 is 4.90 Å². The molecule has 0 spiro atoms. The summed E-state index contributed by atoms with van der Waals surface area (Å²) < 4.78 is 7.10. The summed E-state index contributed by atoms with van der Waals surface area (Å²) in [6, 6.07) is 0. The Labute approximate surface area is 140 Å². The average molecular weight is 328 g/mol. The summed E-state index contributed by atoms with van der Waals surface area (Å²) >= 11 is 0. The summed E-state index contributed by atoms with van der Waals surface area (Å²) in [5.74, 6) is 6.51. The fraction of sp³-hybridized carbons (Fsp3) is 0.500. The van der Waals surface area contributed by atoms with E-state index in [4.69, 9.17) is 9.94 Å². The molecule has 8 heteroatoms. The van der Waals surface area contributed by atoms with Gasteiger partial charge in [0, 0.05) is 13.1 Å². The molecular weight excluding hydrogens is 308 g/mol. The number of anilines is 1. The van der Waals surface area contributed by atoms with Crippen molar-refractivity contribution in [1.29, 1.82) is 0 Å². The predicted molar refractivity (Wildman–Crippen MR) is 90.0 cm³/mol. The molecule has 1 aliphatic heterocycles. The van der Waals surface area contributed by atoms with Crippen LogP contribution in [-0.2, 0) is 11.3 Å². The maximum absolute atomic E-state index is 9.09. The van der Waals surface area contributed by atoms with Crippen molar-refractivity contribution in [1.82, 2.24) is 19.5 Å². The number of nitrogens with zero attached hydrogens (tertiary/aromatic N) is 6. The van der Waals surface area contributed by atoms with Crippen molar-refractivity contribution in [2.45, 2.75) is 32.7 Å². The van der Waals surface area contributed by atoms with Crippen molar-refractivity contribution in [2.75, 3.05) is 24.6 Å². The minimum absolute atomic E-state index is 0.162. The number of ether oxygens (including phenoxy) is 1. The van der Waals surface area contributed by atoms with E-state index in [0.29, 0.717) is 5.65 Å². The number of rotatable bonds is 4. The SMILES string of the molecule is CC#CCO/C(Cn1cnc2c(N3CCCCC3)ncnc21)=N/O. The molecular formula is C16H20N6O2. The van der Waals surface area contributed by atoms with Gasteiger partial charge < -0.3 is 19.4 Å². The van der Waals surface area contributed by atoms with Crippen molar-refractivity contribution in [3.05, 3.63) is 12.7 Å². The van der Waals surface area contributed by atoms with Crippen LogP contribution in [0.25, 0.3) is 11.2 Å². The molecule has 2 aromatic rings. The normalized spacial score (nSPS) is 15.2. The van der Waals surface area contributed by atoms with Crippen LogP contribution in [0.2, 0.25) is 0 Å². The zero-order valence-corrected chi connectivity index (χ0v) is 13.6. The first kappa shape index (κ1) is 16.1. The van der Waals surface area contributed by atoms with Crippen molar-refractivity contribution >= 4 is 22.9 Å². The molecule has 0 amide bonds. The third-order valence-corrected chi connectivity index (χ3v) is 3.94. The number of imidazole rings is 1. The maximum atomic E-state index is 9.09. The summed E-state index contributed by atoms with van der Waals surface area (Å²) in [6.45, 7) is 4.11. The molecule has 24 heavy (non-hydrogen) atoms. The zero-order valence-electron chi connectivity index (χ0n) is 13.6. The quantitative estimate of drug-likeness (QED) is 0.302. The van der Waals surface area contributed by atoms with Gasteiger partial charge in [-0.3, -0.25) is 0 Å². The molecule has 0 aliphatic carbocycles. The van der Waals surface area contributed by atoms with Gasteiger partial charge in [-0.1, -0.05) is 11.1 Å². The summed E-state index contributed by atoms with van der Waals surface area (Å²) in [7, 11) is 0.